The average molecular weight is 437 g/mol. The molecule has 0 radical (unpaired) electrons. The van der Waals surface area contributed by atoms with Gasteiger partial charge >= 0.3 is 12.1 Å². The molecule has 7 nitrogen and oxygen atoms in total. The lowest BCUT2D eigenvalue weighted by Gasteiger charge is -2.28. The highest BCUT2D eigenvalue weighted by Crippen LogP contribution is 2.44. The molecule has 32 heavy (non-hydrogen) atoms. The molecule has 1 unspecified atom stereocenters. The summed E-state index contributed by atoms with van der Waals surface area (Å²) in [5.41, 5.74) is 3.26. The second-order valence-electron chi connectivity index (χ2n) is 9.09. The number of carboxylic acids is 1. The van der Waals surface area contributed by atoms with Gasteiger partial charge in [0.15, 0.2) is 0 Å². The highest BCUT2D eigenvalue weighted by Gasteiger charge is 2.38. The van der Waals surface area contributed by atoms with Gasteiger partial charge in [-0.1, -0.05) is 48.5 Å². The minimum absolute atomic E-state index is 0.0695. The molecule has 2 aliphatic carbocycles. The minimum atomic E-state index is -1.24. The normalized spacial score (nSPS) is 15.9. The zero-order valence-corrected chi connectivity index (χ0v) is 18.3. The van der Waals surface area contributed by atoms with Crippen molar-refractivity contribution >= 4 is 18.0 Å². The first kappa shape index (κ1) is 21.9. The van der Waals surface area contributed by atoms with Crippen LogP contribution in [0.25, 0.3) is 11.1 Å². The lowest BCUT2D eigenvalue weighted by Crippen LogP contribution is -2.57. The summed E-state index contributed by atoms with van der Waals surface area (Å²) in [4.78, 5) is 36.4. The van der Waals surface area contributed by atoms with E-state index < -0.39 is 29.6 Å². The Bertz CT molecular complexity index is 999. The highest BCUT2D eigenvalue weighted by atomic mass is 16.5. The number of benzene rings is 2. The molecule has 0 aromatic heterocycles. The molecule has 0 aliphatic heterocycles. The first-order chi connectivity index (χ1) is 15.3. The summed E-state index contributed by atoms with van der Waals surface area (Å²) in [5, 5.41) is 14.5. The molecule has 7 heteroatoms. The zero-order chi connectivity index (χ0) is 22.9. The van der Waals surface area contributed by atoms with Crippen LogP contribution in [0.15, 0.2) is 48.5 Å². The lowest BCUT2D eigenvalue weighted by molar-refractivity contribution is -0.138. The van der Waals surface area contributed by atoms with Crippen molar-refractivity contribution in [2.24, 2.45) is 5.92 Å². The van der Waals surface area contributed by atoms with Crippen molar-refractivity contribution in [3.8, 4) is 11.1 Å². The maximum atomic E-state index is 12.7. The summed E-state index contributed by atoms with van der Waals surface area (Å²) in [6.45, 7) is 3.31. The maximum Gasteiger partial charge on any atom is 0.408 e. The third-order valence-electron chi connectivity index (χ3n) is 6.23. The SMILES string of the molecule is CC(C)(NC(=O)OCC1c2ccccc2-c2ccccc21)C(=O)NC(CC(=O)O)C1CC1. The van der Waals surface area contributed by atoms with E-state index in [-0.39, 0.29) is 24.9 Å². The summed E-state index contributed by atoms with van der Waals surface area (Å²) in [5.74, 6) is -1.27. The Kier molecular flexibility index (Phi) is 5.91. The summed E-state index contributed by atoms with van der Waals surface area (Å²) in [6.07, 6.45) is 0.988. The van der Waals surface area contributed by atoms with Gasteiger partial charge in [0.2, 0.25) is 5.91 Å². The largest absolute Gasteiger partial charge is 0.481 e. The van der Waals surface area contributed by atoms with Gasteiger partial charge in [-0.3, -0.25) is 9.59 Å². The van der Waals surface area contributed by atoms with Crippen molar-refractivity contribution in [1.29, 1.82) is 0 Å². The summed E-state index contributed by atoms with van der Waals surface area (Å²) >= 11 is 0. The van der Waals surface area contributed by atoms with Crippen molar-refractivity contribution in [3.63, 3.8) is 0 Å². The Morgan fingerprint density at radius 1 is 1.03 bits per heavy atom. The third-order valence-corrected chi connectivity index (χ3v) is 6.23. The van der Waals surface area contributed by atoms with E-state index in [4.69, 9.17) is 9.84 Å². The molecule has 0 bridgehead atoms. The zero-order valence-electron chi connectivity index (χ0n) is 18.3. The molecule has 2 aliphatic rings. The third kappa shape index (κ3) is 4.61. The van der Waals surface area contributed by atoms with Crippen LogP contribution in [0.3, 0.4) is 0 Å². The van der Waals surface area contributed by atoms with E-state index >= 15 is 0 Å². The van der Waals surface area contributed by atoms with Crippen molar-refractivity contribution in [2.75, 3.05) is 6.61 Å². The van der Waals surface area contributed by atoms with E-state index in [9.17, 15) is 14.4 Å². The molecule has 2 aromatic rings. The fourth-order valence-electron chi connectivity index (χ4n) is 4.32. The molecule has 0 spiro atoms. The summed E-state index contributed by atoms with van der Waals surface area (Å²) in [7, 11) is 0. The van der Waals surface area contributed by atoms with E-state index in [1.807, 2.05) is 36.4 Å². The van der Waals surface area contributed by atoms with Gasteiger partial charge in [0, 0.05) is 12.0 Å². The molecule has 0 heterocycles. The van der Waals surface area contributed by atoms with Crippen molar-refractivity contribution in [1.82, 2.24) is 10.6 Å². The van der Waals surface area contributed by atoms with Gasteiger partial charge in [0.25, 0.3) is 0 Å². The molecular weight excluding hydrogens is 408 g/mol. The fourth-order valence-corrected chi connectivity index (χ4v) is 4.32. The Morgan fingerprint density at radius 2 is 1.59 bits per heavy atom. The summed E-state index contributed by atoms with van der Waals surface area (Å²) in [6, 6.07) is 15.7. The molecule has 3 N–H and O–H groups in total. The number of carbonyl (C=O) groups is 3. The number of ether oxygens (including phenoxy) is 1. The smallest absolute Gasteiger partial charge is 0.408 e. The molecule has 1 fully saturated rings. The van der Waals surface area contributed by atoms with Crippen LogP contribution in [-0.2, 0) is 14.3 Å². The van der Waals surface area contributed by atoms with Crippen LogP contribution < -0.4 is 10.6 Å². The average Bonchev–Trinajstić information content (AvgIpc) is 3.54. The quantitative estimate of drug-likeness (QED) is 0.586. The monoisotopic (exact) mass is 436 g/mol. The Labute approximate surface area is 187 Å². The van der Waals surface area contributed by atoms with Crippen LogP contribution >= 0.6 is 0 Å². The van der Waals surface area contributed by atoms with E-state index in [1.54, 1.807) is 13.8 Å². The lowest BCUT2D eigenvalue weighted by atomic mass is 9.98. The second kappa shape index (κ2) is 8.65. The number of rotatable bonds is 8. The fraction of sp³-hybridized carbons (Fsp3) is 0.400. The molecule has 2 aromatic carbocycles. The number of alkyl carbamates (subject to hydrolysis) is 1. The number of nitrogens with one attached hydrogen (secondary N) is 2. The van der Waals surface area contributed by atoms with E-state index in [1.165, 1.54) is 0 Å². The Morgan fingerprint density at radius 3 is 2.12 bits per heavy atom. The van der Waals surface area contributed by atoms with Gasteiger partial charge in [-0.25, -0.2) is 4.79 Å². The van der Waals surface area contributed by atoms with Crippen LogP contribution in [0.2, 0.25) is 0 Å². The number of amides is 2. The number of fused-ring (bicyclic) bond motifs is 3. The number of carboxylic acid groups (broad SMARTS) is 1. The maximum absolute atomic E-state index is 12.7. The molecule has 1 saturated carbocycles. The van der Waals surface area contributed by atoms with Gasteiger partial charge < -0.3 is 20.5 Å². The van der Waals surface area contributed by atoms with Crippen LogP contribution in [0.4, 0.5) is 4.79 Å². The van der Waals surface area contributed by atoms with Crippen LogP contribution in [0.5, 0.6) is 0 Å². The van der Waals surface area contributed by atoms with Crippen molar-refractivity contribution in [3.05, 3.63) is 59.7 Å². The number of hydrogen-bond donors (Lipinski definition) is 3. The van der Waals surface area contributed by atoms with Crippen molar-refractivity contribution in [2.45, 2.75) is 50.6 Å². The minimum Gasteiger partial charge on any atom is -0.481 e. The van der Waals surface area contributed by atoms with Crippen LogP contribution in [-0.4, -0.2) is 41.3 Å². The van der Waals surface area contributed by atoms with Gasteiger partial charge in [0.1, 0.15) is 12.1 Å². The Hall–Kier alpha value is -3.35. The van der Waals surface area contributed by atoms with Gasteiger partial charge in [0.05, 0.1) is 6.42 Å². The molecule has 0 saturated heterocycles. The molecule has 4 rings (SSSR count). The molecule has 168 valence electrons. The van der Waals surface area contributed by atoms with E-state index in [2.05, 4.69) is 22.8 Å². The van der Waals surface area contributed by atoms with Gasteiger partial charge in [-0.2, -0.15) is 0 Å². The number of carbonyl (C=O) groups excluding carboxylic acids is 2. The Balaban J connectivity index is 1.37. The highest BCUT2D eigenvalue weighted by molar-refractivity contribution is 5.89. The second-order valence-corrected chi connectivity index (χ2v) is 9.09. The van der Waals surface area contributed by atoms with E-state index in [0.29, 0.717) is 0 Å². The van der Waals surface area contributed by atoms with Gasteiger partial charge in [-0.05, 0) is 54.9 Å². The predicted molar refractivity (Wildman–Crippen MR) is 119 cm³/mol. The molecule has 2 amide bonds. The summed E-state index contributed by atoms with van der Waals surface area (Å²) < 4.78 is 5.53. The van der Waals surface area contributed by atoms with Crippen LogP contribution in [0, 0.1) is 5.92 Å². The number of aliphatic carboxylic acids is 1. The first-order valence-corrected chi connectivity index (χ1v) is 10.9. The topological polar surface area (TPSA) is 105 Å². The molecule has 1 atom stereocenters. The van der Waals surface area contributed by atoms with E-state index in [0.717, 1.165) is 35.1 Å². The number of hydrogen-bond acceptors (Lipinski definition) is 4. The van der Waals surface area contributed by atoms with Gasteiger partial charge in [-0.15, -0.1) is 0 Å². The molecular formula is C25H28N2O5. The first-order valence-electron chi connectivity index (χ1n) is 10.9. The van der Waals surface area contributed by atoms with Crippen molar-refractivity contribution < 1.29 is 24.2 Å². The predicted octanol–water partition coefficient (Wildman–Crippen LogP) is 3.67. The standard InChI is InChI=1S/C25H28N2O5/c1-25(2,23(30)26-21(13-22(28)29)15-11-12-15)27-24(31)32-14-20-18-9-5-3-7-16(18)17-8-4-6-10-19(17)20/h3-10,15,20-21H,11-14H2,1-2H3,(H,26,30)(H,27,31)(H,28,29). The van der Waals surface area contributed by atoms with Crippen LogP contribution in [0.1, 0.15) is 50.2 Å².